The molecule has 0 spiro atoms. The van der Waals surface area contributed by atoms with Gasteiger partial charge in [-0.3, -0.25) is 19.2 Å². The number of aliphatic carboxylic acids is 1. The molecule has 36 heavy (non-hydrogen) atoms. The maximum atomic E-state index is 12.9. The smallest absolute Gasteiger partial charge is 0.326 e. The molecule has 13 heteroatoms. The quantitative estimate of drug-likeness (QED) is 0.158. The molecule has 4 atom stereocenters. The number of amides is 4. The molecule has 0 saturated carbocycles. The summed E-state index contributed by atoms with van der Waals surface area (Å²) in [6.45, 7) is 1.39. The van der Waals surface area contributed by atoms with Crippen LogP contribution in [0.2, 0.25) is 0 Å². The van der Waals surface area contributed by atoms with Crippen LogP contribution in [0, 0.1) is 0 Å². The van der Waals surface area contributed by atoms with E-state index in [2.05, 4.69) is 25.9 Å². The van der Waals surface area contributed by atoms with Gasteiger partial charge < -0.3 is 37.5 Å². The fourth-order valence-electron chi connectivity index (χ4n) is 3.26. The first kappa shape index (κ1) is 28.0. The van der Waals surface area contributed by atoms with E-state index in [1.54, 1.807) is 30.3 Å². The van der Waals surface area contributed by atoms with Gasteiger partial charge in [-0.1, -0.05) is 30.3 Å². The summed E-state index contributed by atoms with van der Waals surface area (Å²) in [5.74, 6) is -3.92. The maximum Gasteiger partial charge on any atom is 0.326 e. The lowest BCUT2D eigenvalue weighted by molar-refractivity contribution is -0.142. The molecule has 1 aromatic carbocycles. The lowest BCUT2D eigenvalue weighted by Crippen LogP contribution is -2.57. The number of imidazole rings is 1. The number of H-pyrrole nitrogens is 1. The van der Waals surface area contributed by atoms with Gasteiger partial charge in [-0.05, 0) is 18.9 Å². The van der Waals surface area contributed by atoms with Crippen LogP contribution in [0.25, 0.3) is 0 Å². The summed E-state index contributed by atoms with van der Waals surface area (Å²) >= 11 is 0. The number of carbonyl (C=O) groups is 5. The second-order valence-electron chi connectivity index (χ2n) is 8.27. The molecule has 2 rings (SSSR count). The number of nitrogens with two attached hydrogens (primary N) is 2. The van der Waals surface area contributed by atoms with Gasteiger partial charge in [0, 0.05) is 31.2 Å². The van der Waals surface area contributed by atoms with Crippen LogP contribution in [-0.4, -0.2) is 68.8 Å². The van der Waals surface area contributed by atoms with Crippen molar-refractivity contribution in [1.82, 2.24) is 25.9 Å². The first-order chi connectivity index (χ1) is 17.1. The van der Waals surface area contributed by atoms with E-state index in [0.717, 1.165) is 5.56 Å². The standard InChI is InChI=1S/C23H31N7O6/c1-13(20(32)30-18(23(35)36)9-14-5-3-2-4-6-14)28-22(34)17(10-15-11-26-12-27-15)29-21(33)16(24)7-8-19(25)31/h2-6,11-13,16-18H,7-10,24H2,1H3,(H2,25,31)(H,26,27)(H,28,34)(H,29,33)(H,30,32)(H,35,36). The van der Waals surface area contributed by atoms with Crippen LogP contribution >= 0.6 is 0 Å². The summed E-state index contributed by atoms with van der Waals surface area (Å²) in [6.07, 6.45) is 2.84. The average Bonchev–Trinajstić information content (AvgIpc) is 3.35. The summed E-state index contributed by atoms with van der Waals surface area (Å²) in [7, 11) is 0. The lowest BCUT2D eigenvalue weighted by atomic mass is 10.1. The molecule has 0 bridgehead atoms. The van der Waals surface area contributed by atoms with Gasteiger partial charge in [-0.15, -0.1) is 0 Å². The minimum absolute atomic E-state index is 0.00361. The Morgan fingerprint density at radius 1 is 0.972 bits per heavy atom. The van der Waals surface area contributed by atoms with Crippen molar-refractivity contribution in [2.24, 2.45) is 11.5 Å². The van der Waals surface area contributed by atoms with Gasteiger partial charge in [0.1, 0.15) is 18.1 Å². The van der Waals surface area contributed by atoms with Gasteiger partial charge in [0.2, 0.25) is 23.6 Å². The number of carbonyl (C=O) groups excluding carboxylic acids is 4. The first-order valence-corrected chi connectivity index (χ1v) is 11.3. The van der Waals surface area contributed by atoms with Crippen molar-refractivity contribution in [2.45, 2.75) is 56.8 Å². The van der Waals surface area contributed by atoms with Gasteiger partial charge in [-0.2, -0.15) is 0 Å². The Labute approximate surface area is 207 Å². The normalized spacial score (nSPS) is 14.1. The van der Waals surface area contributed by atoms with Crippen molar-refractivity contribution in [3.8, 4) is 0 Å². The van der Waals surface area contributed by atoms with E-state index in [1.807, 2.05) is 0 Å². The highest BCUT2D eigenvalue weighted by atomic mass is 16.4. The number of carboxylic acids is 1. The lowest BCUT2D eigenvalue weighted by Gasteiger charge is -2.23. The Morgan fingerprint density at radius 2 is 1.64 bits per heavy atom. The predicted octanol–water partition coefficient (Wildman–Crippen LogP) is -1.65. The zero-order chi connectivity index (χ0) is 26.7. The number of aromatic nitrogens is 2. The highest BCUT2D eigenvalue weighted by Crippen LogP contribution is 2.05. The zero-order valence-corrected chi connectivity index (χ0v) is 19.8. The number of aromatic amines is 1. The number of nitrogens with one attached hydrogen (secondary N) is 4. The Kier molecular flexibility index (Phi) is 10.6. The number of carboxylic acid groups (broad SMARTS) is 1. The van der Waals surface area contributed by atoms with Crippen molar-refractivity contribution in [3.05, 3.63) is 54.1 Å². The second-order valence-corrected chi connectivity index (χ2v) is 8.27. The van der Waals surface area contributed by atoms with Crippen molar-refractivity contribution in [1.29, 1.82) is 0 Å². The van der Waals surface area contributed by atoms with Crippen LogP contribution in [0.15, 0.2) is 42.9 Å². The van der Waals surface area contributed by atoms with Crippen molar-refractivity contribution in [2.75, 3.05) is 0 Å². The minimum atomic E-state index is -1.22. The molecule has 1 heterocycles. The van der Waals surface area contributed by atoms with Gasteiger partial charge in [0.25, 0.3) is 0 Å². The minimum Gasteiger partial charge on any atom is -0.480 e. The number of hydrogen-bond donors (Lipinski definition) is 7. The number of benzene rings is 1. The molecule has 0 aliphatic heterocycles. The van der Waals surface area contributed by atoms with Crippen LogP contribution in [-0.2, 0) is 36.8 Å². The van der Waals surface area contributed by atoms with Crippen LogP contribution in [0.4, 0.5) is 0 Å². The van der Waals surface area contributed by atoms with Crippen molar-refractivity contribution >= 4 is 29.6 Å². The number of hydrogen-bond acceptors (Lipinski definition) is 7. The fraction of sp³-hybridized carbons (Fsp3) is 0.391. The Hall–Kier alpha value is -4.26. The monoisotopic (exact) mass is 501 g/mol. The van der Waals surface area contributed by atoms with Gasteiger partial charge in [0.05, 0.1) is 12.4 Å². The first-order valence-electron chi connectivity index (χ1n) is 11.3. The molecule has 0 fully saturated rings. The van der Waals surface area contributed by atoms with E-state index < -0.39 is 53.8 Å². The number of nitrogens with zero attached hydrogens (tertiary/aromatic N) is 1. The molecule has 4 amide bonds. The van der Waals surface area contributed by atoms with Crippen LogP contribution < -0.4 is 27.4 Å². The highest BCUT2D eigenvalue weighted by Gasteiger charge is 2.29. The van der Waals surface area contributed by atoms with Gasteiger partial charge in [-0.25, -0.2) is 9.78 Å². The third-order valence-electron chi connectivity index (χ3n) is 5.30. The van der Waals surface area contributed by atoms with E-state index >= 15 is 0 Å². The van der Waals surface area contributed by atoms with Crippen LogP contribution in [0.5, 0.6) is 0 Å². The summed E-state index contributed by atoms with van der Waals surface area (Å²) in [5.41, 5.74) is 12.1. The Bertz CT molecular complexity index is 1040. The molecule has 0 saturated heterocycles. The molecule has 194 valence electrons. The van der Waals surface area contributed by atoms with Crippen LogP contribution in [0.1, 0.15) is 31.0 Å². The molecular formula is C23H31N7O6. The molecule has 2 aromatic rings. The SMILES string of the molecule is CC(NC(=O)C(Cc1cnc[nH]1)NC(=O)C(N)CCC(N)=O)C(=O)NC(Cc1ccccc1)C(=O)O. The van der Waals surface area contributed by atoms with E-state index in [9.17, 15) is 29.1 Å². The number of primary amides is 1. The van der Waals surface area contributed by atoms with E-state index in [0.29, 0.717) is 5.69 Å². The topological polar surface area (TPSA) is 222 Å². The van der Waals surface area contributed by atoms with Crippen molar-refractivity contribution < 1.29 is 29.1 Å². The van der Waals surface area contributed by atoms with Crippen LogP contribution in [0.3, 0.4) is 0 Å². The predicted molar refractivity (Wildman–Crippen MR) is 128 cm³/mol. The third-order valence-corrected chi connectivity index (χ3v) is 5.30. The molecule has 1 aromatic heterocycles. The molecule has 0 aliphatic rings. The van der Waals surface area contributed by atoms with E-state index in [-0.39, 0.29) is 25.7 Å². The second kappa shape index (κ2) is 13.6. The van der Waals surface area contributed by atoms with E-state index in [4.69, 9.17) is 11.5 Å². The number of rotatable bonds is 14. The largest absolute Gasteiger partial charge is 0.480 e. The summed E-state index contributed by atoms with van der Waals surface area (Å²) in [5, 5.41) is 16.9. The third kappa shape index (κ3) is 9.18. The van der Waals surface area contributed by atoms with Gasteiger partial charge in [0.15, 0.2) is 0 Å². The fourth-order valence-corrected chi connectivity index (χ4v) is 3.26. The molecule has 0 aliphatic carbocycles. The highest BCUT2D eigenvalue weighted by molar-refractivity contribution is 5.94. The zero-order valence-electron chi connectivity index (χ0n) is 19.8. The molecule has 13 nitrogen and oxygen atoms in total. The Balaban J connectivity index is 2.03. The molecule has 0 radical (unpaired) electrons. The maximum absolute atomic E-state index is 12.9. The summed E-state index contributed by atoms with van der Waals surface area (Å²) < 4.78 is 0. The Morgan fingerprint density at radius 3 is 2.22 bits per heavy atom. The summed E-state index contributed by atoms with van der Waals surface area (Å²) in [6, 6.07) is 4.26. The average molecular weight is 502 g/mol. The summed E-state index contributed by atoms with van der Waals surface area (Å²) in [4.78, 5) is 67.4. The van der Waals surface area contributed by atoms with E-state index in [1.165, 1.54) is 19.4 Å². The van der Waals surface area contributed by atoms with Crippen molar-refractivity contribution in [3.63, 3.8) is 0 Å². The molecular weight excluding hydrogens is 470 g/mol. The molecule has 9 N–H and O–H groups in total. The van der Waals surface area contributed by atoms with Gasteiger partial charge >= 0.3 is 5.97 Å². The molecule has 4 unspecified atom stereocenters.